The van der Waals surface area contributed by atoms with Crippen LogP contribution in [0.1, 0.15) is 77.6 Å². The van der Waals surface area contributed by atoms with E-state index >= 15 is 0 Å². The zero-order valence-corrected chi connectivity index (χ0v) is 22.3. The number of allylic oxidation sites excluding steroid dienone is 1. The van der Waals surface area contributed by atoms with Gasteiger partial charge in [-0.1, -0.05) is 25.0 Å². The third-order valence-electron chi connectivity index (χ3n) is 7.33. The van der Waals surface area contributed by atoms with Crippen molar-refractivity contribution >= 4 is 23.9 Å². The van der Waals surface area contributed by atoms with Gasteiger partial charge in [-0.2, -0.15) is 0 Å². The normalized spacial score (nSPS) is 31.2. The molecule has 13 nitrogen and oxygen atoms in total. The Balaban J connectivity index is 1.64. The summed E-state index contributed by atoms with van der Waals surface area (Å²) >= 11 is 0. The topological polar surface area (TPSA) is 169 Å². The summed E-state index contributed by atoms with van der Waals surface area (Å²) in [6.07, 6.45) is 7.12. The fraction of sp³-hybridized carbons (Fsp3) is 0.720. The van der Waals surface area contributed by atoms with Gasteiger partial charge < -0.3 is 25.4 Å². The molecule has 1 saturated heterocycles. The number of tetrazole rings is 1. The van der Waals surface area contributed by atoms with Crippen LogP contribution < -0.4 is 10.6 Å². The molecule has 3 N–H and O–H groups in total. The molecule has 208 valence electrons. The SMILES string of the molecule is Cc1nnnn1[C@@H]1C[C@H]2C(=O)N[C@]3(C(=O)O)C[C@@H]3/C=C\CCCCC[C@H](NC(=O)OC(C)(C)C)C(=O)N2C1. The van der Waals surface area contributed by atoms with Crippen molar-refractivity contribution in [3.8, 4) is 0 Å². The Labute approximate surface area is 221 Å². The van der Waals surface area contributed by atoms with Gasteiger partial charge in [-0.3, -0.25) is 9.59 Å². The standard InChI is InChI=1S/C25H37N7O6/c1-15-28-29-30-32(15)17-12-19-20(33)27-25(22(35)36)13-16(25)10-8-6-5-7-9-11-18(21(34)31(19)14-17)26-23(37)38-24(2,3)4/h8,10,16-19H,5-7,9,11-14H2,1-4H3,(H,26,37)(H,27,33)(H,35,36)/b10-8-/t16-,17+,18-,19-,25+/m0/s1. The number of aryl methyl sites for hydroxylation is 1. The van der Waals surface area contributed by atoms with Crippen molar-refractivity contribution in [2.75, 3.05) is 6.54 Å². The molecule has 38 heavy (non-hydrogen) atoms. The van der Waals surface area contributed by atoms with E-state index < -0.39 is 47.1 Å². The Hall–Kier alpha value is -3.51. The van der Waals surface area contributed by atoms with Gasteiger partial charge in [-0.25, -0.2) is 14.3 Å². The van der Waals surface area contributed by atoms with Crippen LogP contribution in [0.3, 0.4) is 0 Å². The predicted octanol–water partition coefficient (Wildman–Crippen LogP) is 1.50. The Bertz CT molecular complexity index is 1110. The van der Waals surface area contributed by atoms with Gasteiger partial charge in [0.2, 0.25) is 11.8 Å². The van der Waals surface area contributed by atoms with E-state index in [9.17, 15) is 24.3 Å². The number of rotatable bonds is 3. The second-order valence-corrected chi connectivity index (χ2v) is 11.4. The van der Waals surface area contributed by atoms with Gasteiger partial charge in [0.1, 0.15) is 29.0 Å². The first-order valence-electron chi connectivity index (χ1n) is 13.2. The first-order chi connectivity index (χ1) is 17.9. The van der Waals surface area contributed by atoms with Crippen LogP contribution in [-0.2, 0) is 19.1 Å². The van der Waals surface area contributed by atoms with Gasteiger partial charge in [-0.05, 0) is 63.8 Å². The van der Waals surface area contributed by atoms with Crippen LogP contribution in [0, 0.1) is 12.8 Å². The van der Waals surface area contributed by atoms with Crippen LogP contribution in [-0.4, -0.2) is 83.9 Å². The highest BCUT2D eigenvalue weighted by molar-refractivity contribution is 5.96. The van der Waals surface area contributed by atoms with E-state index in [1.54, 1.807) is 32.4 Å². The highest BCUT2D eigenvalue weighted by Gasteiger charge is 2.61. The molecule has 2 fully saturated rings. The molecule has 0 bridgehead atoms. The summed E-state index contributed by atoms with van der Waals surface area (Å²) in [5.41, 5.74) is -2.14. The monoisotopic (exact) mass is 531 g/mol. The van der Waals surface area contributed by atoms with E-state index in [0.29, 0.717) is 25.1 Å². The maximum atomic E-state index is 13.9. The van der Waals surface area contributed by atoms with Gasteiger partial charge in [-0.15, -0.1) is 5.10 Å². The molecular weight excluding hydrogens is 494 g/mol. The van der Waals surface area contributed by atoms with E-state index in [0.717, 1.165) is 19.3 Å². The van der Waals surface area contributed by atoms with Crippen molar-refractivity contribution in [3.05, 3.63) is 18.0 Å². The molecule has 5 atom stereocenters. The molecule has 1 saturated carbocycles. The lowest BCUT2D eigenvalue weighted by atomic mass is 10.0. The third kappa shape index (κ3) is 5.97. The van der Waals surface area contributed by atoms with Gasteiger partial charge in [0.25, 0.3) is 0 Å². The summed E-state index contributed by atoms with van der Waals surface area (Å²) < 4.78 is 6.96. The van der Waals surface area contributed by atoms with Gasteiger partial charge in [0.05, 0.1) is 6.04 Å². The summed E-state index contributed by atoms with van der Waals surface area (Å²) in [6, 6.07) is -2.25. The lowest BCUT2D eigenvalue weighted by Gasteiger charge is -2.30. The Morgan fingerprint density at radius 1 is 1.24 bits per heavy atom. The highest BCUT2D eigenvalue weighted by atomic mass is 16.6. The minimum absolute atomic E-state index is 0.138. The molecule has 13 heteroatoms. The Morgan fingerprint density at radius 3 is 2.66 bits per heavy atom. The fourth-order valence-corrected chi connectivity index (χ4v) is 5.28. The number of nitrogens with one attached hydrogen (secondary N) is 2. The molecule has 1 aromatic rings. The van der Waals surface area contributed by atoms with Crippen LogP contribution >= 0.6 is 0 Å². The second kappa shape index (κ2) is 10.7. The van der Waals surface area contributed by atoms with Crippen LogP contribution in [0.5, 0.6) is 0 Å². The largest absolute Gasteiger partial charge is 0.479 e. The number of nitrogens with zero attached hydrogens (tertiary/aromatic N) is 5. The average molecular weight is 532 g/mol. The van der Waals surface area contributed by atoms with E-state index in [4.69, 9.17) is 4.74 Å². The van der Waals surface area contributed by atoms with Crippen LogP contribution in [0.15, 0.2) is 12.2 Å². The number of ether oxygens (including phenoxy) is 1. The first kappa shape index (κ1) is 27.5. The number of carbonyl (C=O) groups is 4. The number of alkyl carbamates (subject to hydrolysis) is 1. The molecule has 3 heterocycles. The number of hydrogen-bond acceptors (Lipinski definition) is 8. The zero-order chi connectivity index (χ0) is 27.7. The van der Waals surface area contributed by atoms with Crippen molar-refractivity contribution < 1.29 is 29.0 Å². The van der Waals surface area contributed by atoms with Gasteiger partial charge >= 0.3 is 12.1 Å². The zero-order valence-electron chi connectivity index (χ0n) is 22.3. The fourth-order valence-electron chi connectivity index (χ4n) is 5.28. The number of fused-ring (bicyclic) bond motifs is 2. The van der Waals surface area contributed by atoms with Crippen LogP contribution in [0.4, 0.5) is 4.79 Å². The number of aliphatic carboxylic acids is 1. The molecule has 3 aliphatic rings. The predicted molar refractivity (Wildman–Crippen MR) is 134 cm³/mol. The van der Waals surface area contributed by atoms with Gasteiger partial charge in [0, 0.05) is 18.9 Å². The first-order valence-corrected chi connectivity index (χ1v) is 13.2. The maximum absolute atomic E-state index is 13.9. The summed E-state index contributed by atoms with van der Waals surface area (Å²) in [7, 11) is 0. The quantitative estimate of drug-likeness (QED) is 0.489. The summed E-state index contributed by atoms with van der Waals surface area (Å²) in [5, 5.41) is 27.0. The summed E-state index contributed by atoms with van der Waals surface area (Å²) in [5.74, 6) is -1.84. The van der Waals surface area contributed by atoms with E-state index in [2.05, 4.69) is 26.2 Å². The number of carboxylic acid groups (broad SMARTS) is 1. The molecule has 0 spiro atoms. The van der Waals surface area contributed by atoms with E-state index in [1.165, 1.54) is 4.90 Å². The van der Waals surface area contributed by atoms with Crippen molar-refractivity contribution in [1.82, 2.24) is 35.7 Å². The average Bonchev–Trinajstić information content (AvgIpc) is 3.13. The molecule has 1 aromatic heterocycles. The minimum Gasteiger partial charge on any atom is -0.479 e. The molecule has 3 amide bonds. The van der Waals surface area contributed by atoms with Crippen LogP contribution in [0.25, 0.3) is 0 Å². The number of carbonyl (C=O) groups excluding carboxylic acids is 3. The number of carboxylic acids is 1. The number of hydrogen-bond donors (Lipinski definition) is 3. The smallest absolute Gasteiger partial charge is 0.408 e. The molecular formula is C25H37N7O6. The minimum atomic E-state index is -1.39. The molecule has 4 rings (SSSR count). The highest BCUT2D eigenvalue weighted by Crippen LogP contribution is 2.45. The van der Waals surface area contributed by atoms with Crippen molar-refractivity contribution in [1.29, 1.82) is 0 Å². The van der Waals surface area contributed by atoms with Crippen molar-refractivity contribution in [2.45, 2.75) is 102 Å². The van der Waals surface area contributed by atoms with E-state index in [-0.39, 0.29) is 24.9 Å². The number of aromatic nitrogens is 4. The number of amides is 3. The molecule has 0 radical (unpaired) electrons. The Kier molecular flexibility index (Phi) is 7.75. The molecule has 0 unspecified atom stereocenters. The van der Waals surface area contributed by atoms with E-state index in [1.807, 2.05) is 12.2 Å². The summed E-state index contributed by atoms with van der Waals surface area (Å²) in [4.78, 5) is 53.7. The molecule has 1 aliphatic carbocycles. The van der Waals surface area contributed by atoms with Gasteiger partial charge in [0.15, 0.2) is 0 Å². The van der Waals surface area contributed by atoms with Crippen LogP contribution in [0.2, 0.25) is 0 Å². The second-order valence-electron chi connectivity index (χ2n) is 11.4. The van der Waals surface area contributed by atoms with Crippen molar-refractivity contribution in [2.24, 2.45) is 5.92 Å². The molecule has 2 aliphatic heterocycles. The Morgan fingerprint density at radius 2 is 2.00 bits per heavy atom. The lowest BCUT2D eigenvalue weighted by molar-refractivity contribution is -0.145. The maximum Gasteiger partial charge on any atom is 0.408 e. The lowest BCUT2D eigenvalue weighted by Crippen LogP contribution is -2.56. The molecule has 0 aromatic carbocycles. The summed E-state index contributed by atoms with van der Waals surface area (Å²) in [6.45, 7) is 7.08. The third-order valence-corrected chi connectivity index (χ3v) is 7.33. The van der Waals surface area contributed by atoms with Crippen molar-refractivity contribution in [3.63, 3.8) is 0 Å².